The second kappa shape index (κ2) is 4.43. The Balaban J connectivity index is 1.96. The van der Waals surface area contributed by atoms with E-state index >= 15 is 0 Å². The summed E-state index contributed by atoms with van der Waals surface area (Å²) in [6.07, 6.45) is 1.33. The Morgan fingerprint density at radius 2 is 2.25 bits per heavy atom. The molecule has 0 fully saturated rings. The zero-order chi connectivity index (χ0) is 13.7. The number of aryl methyl sites for hydroxylation is 1. The molecular weight excluding hydrogens is 292 g/mol. The number of Topliss-reactive ketones (excluding diaryl/α,β-unsaturated/α-hetero) is 1. The van der Waals surface area contributed by atoms with Crippen LogP contribution in [0, 0.1) is 0 Å². The lowest BCUT2D eigenvalue weighted by Crippen LogP contribution is -2.16. The molecule has 3 heterocycles. The highest BCUT2D eigenvalue weighted by atomic mass is 35.5. The fraction of sp³-hybridized carbons (Fsp3) is 0.200. The Bertz CT molecular complexity index is 820. The minimum Gasteiger partial charge on any atom is -0.327 e. The van der Waals surface area contributed by atoms with Gasteiger partial charge in [-0.05, 0) is 23.6 Å². The number of ketones is 1. The van der Waals surface area contributed by atoms with Gasteiger partial charge < -0.3 is 4.57 Å². The van der Waals surface area contributed by atoms with Crippen LogP contribution < -0.4 is 0 Å². The first-order valence-electron chi connectivity index (χ1n) is 6.47. The molecule has 100 valence electrons. The number of hydrogen-bond donors (Lipinski definition) is 0. The van der Waals surface area contributed by atoms with E-state index in [1.165, 1.54) is 4.88 Å². The first kappa shape index (κ1) is 12.1. The molecular formula is C15H11ClN2OS. The van der Waals surface area contributed by atoms with Crippen LogP contribution in [0.5, 0.6) is 0 Å². The molecule has 0 spiro atoms. The van der Waals surface area contributed by atoms with Gasteiger partial charge in [0.15, 0.2) is 5.78 Å². The summed E-state index contributed by atoms with van der Waals surface area (Å²) in [5, 5.41) is 2.68. The Hall–Kier alpha value is -1.65. The van der Waals surface area contributed by atoms with Crippen molar-refractivity contribution >= 4 is 39.8 Å². The van der Waals surface area contributed by atoms with Crippen LogP contribution >= 0.6 is 22.9 Å². The number of rotatable bonds is 2. The van der Waals surface area contributed by atoms with Gasteiger partial charge in [0.05, 0.1) is 10.5 Å². The molecule has 2 aromatic heterocycles. The highest BCUT2D eigenvalue weighted by molar-refractivity contribution is 7.09. The number of hydrogen-bond acceptors (Lipinski definition) is 3. The summed E-state index contributed by atoms with van der Waals surface area (Å²) in [5.41, 5.74) is 2.41. The molecule has 0 aliphatic carbocycles. The van der Waals surface area contributed by atoms with Gasteiger partial charge in [0.25, 0.3) is 0 Å². The van der Waals surface area contributed by atoms with Crippen molar-refractivity contribution in [1.82, 2.24) is 9.55 Å². The van der Waals surface area contributed by atoms with Crippen LogP contribution in [0.15, 0.2) is 29.6 Å². The lowest BCUT2D eigenvalue weighted by atomic mass is 10.0. The predicted molar refractivity (Wildman–Crippen MR) is 80.8 cm³/mol. The van der Waals surface area contributed by atoms with E-state index in [1.807, 2.05) is 12.1 Å². The van der Waals surface area contributed by atoms with Crippen LogP contribution in [0.2, 0.25) is 5.02 Å². The third-order valence-corrected chi connectivity index (χ3v) is 4.88. The van der Waals surface area contributed by atoms with Gasteiger partial charge in [0, 0.05) is 29.8 Å². The minimum absolute atomic E-state index is 0.182. The van der Waals surface area contributed by atoms with Crippen molar-refractivity contribution in [1.29, 1.82) is 0 Å². The fourth-order valence-electron chi connectivity index (χ4n) is 2.77. The molecule has 0 radical (unpaired) electrons. The van der Waals surface area contributed by atoms with Crippen molar-refractivity contribution < 1.29 is 4.79 Å². The SMILES string of the molecule is O=C1CCn2c(Cc3cccs3)nc3c(Cl)ccc1c32. The average molecular weight is 303 g/mol. The molecule has 0 amide bonds. The summed E-state index contributed by atoms with van der Waals surface area (Å²) in [4.78, 5) is 18.0. The fourth-order valence-corrected chi connectivity index (χ4v) is 3.67. The quantitative estimate of drug-likeness (QED) is 0.719. The first-order valence-corrected chi connectivity index (χ1v) is 7.73. The number of carbonyl (C=O) groups excluding carboxylic acids is 1. The minimum atomic E-state index is 0.182. The van der Waals surface area contributed by atoms with E-state index in [0.717, 1.165) is 28.8 Å². The Labute approximate surface area is 124 Å². The van der Waals surface area contributed by atoms with Crippen LogP contribution in [0.3, 0.4) is 0 Å². The van der Waals surface area contributed by atoms with Gasteiger partial charge in [0.2, 0.25) is 0 Å². The van der Waals surface area contributed by atoms with Crippen LogP contribution in [0.1, 0.15) is 27.5 Å². The van der Waals surface area contributed by atoms with Gasteiger partial charge in [-0.3, -0.25) is 4.79 Å². The van der Waals surface area contributed by atoms with Crippen molar-refractivity contribution in [3.05, 3.63) is 50.9 Å². The molecule has 20 heavy (non-hydrogen) atoms. The van der Waals surface area contributed by atoms with Crippen molar-refractivity contribution in [3.63, 3.8) is 0 Å². The Morgan fingerprint density at radius 1 is 1.35 bits per heavy atom. The van der Waals surface area contributed by atoms with Crippen LogP contribution in [-0.4, -0.2) is 15.3 Å². The molecule has 0 atom stereocenters. The highest BCUT2D eigenvalue weighted by Crippen LogP contribution is 2.32. The van der Waals surface area contributed by atoms with Crippen LogP contribution in [0.4, 0.5) is 0 Å². The summed E-state index contributed by atoms with van der Waals surface area (Å²) in [5.74, 6) is 1.17. The molecule has 3 aromatic rings. The van der Waals surface area contributed by atoms with Gasteiger partial charge in [0.1, 0.15) is 11.3 Å². The maximum absolute atomic E-state index is 12.0. The van der Waals surface area contributed by atoms with E-state index in [9.17, 15) is 4.79 Å². The molecule has 1 aliphatic rings. The van der Waals surface area contributed by atoms with Crippen LogP contribution in [0.25, 0.3) is 11.0 Å². The van der Waals surface area contributed by atoms with Gasteiger partial charge in [-0.25, -0.2) is 4.98 Å². The maximum Gasteiger partial charge on any atom is 0.166 e. The standard InChI is InChI=1S/C15H11ClN2OS/c16-11-4-3-10-12(19)5-6-18-13(17-14(11)15(10)18)8-9-2-1-7-20-9/h1-4,7H,5-6,8H2. The molecule has 3 nitrogen and oxygen atoms in total. The van der Waals surface area contributed by atoms with Crippen molar-refractivity contribution in [2.75, 3.05) is 0 Å². The summed E-state index contributed by atoms with van der Waals surface area (Å²) in [6.45, 7) is 0.698. The Kier molecular flexibility index (Phi) is 2.69. The maximum atomic E-state index is 12.0. The van der Waals surface area contributed by atoms with Gasteiger partial charge >= 0.3 is 0 Å². The van der Waals surface area contributed by atoms with E-state index in [4.69, 9.17) is 11.6 Å². The van der Waals surface area contributed by atoms with E-state index in [1.54, 1.807) is 17.4 Å². The lowest BCUT2D eigenvalue weighted by Gasteiger charge is -2.15. The normalized spacial score (nSPS) is 14.2. The summed E-state index contributed by atoms with van der Waals surface area (Å²) in [7, 11) is 0. The molecule has 0 saturated carbocycles. The van der Waals surface area contributed by atoms with Crippen LogP contribution in [-0.2, 0) is 13.0 Å². The second-order valence-electron chi connectivity index (χ2n) is 4.90. The lowest BCUT2D eigenvalue weighted by molar-refractivity contribution is 0.0973. The van der Waals surface area contributed by atoms with E-state index in [-0.39, 0.29) is 5.78 Å². The third-order valence-electron chi connectivity index (χ3n) is 3.70. The summed E-state index contributed by atoms with van der Waals surface area (Å²) in [6, 6.07) is 7.74. The number of benzene rings is 1. The average Bonchev–Trinajstić information content (AvgIpc) is 3.06. The molecule has 5 heteroatoms. The highest BCUT2D eigenvalue weighted by Gasteiger charge is 2.24. The van der Waals surface area contributed by atoms with Gasteiger partial charge in [-0.1, -0.05) is 17.7 Å². The van der Waals surface area contributed by atoms with Crippen molar-refractivity contribution in [2.24, 2.45) is 0 Å². The molecule has 4 rings (SSSR count). The van der Waals surface area contributed by atoms with Gasteiger partial charge in [-0.2, -0.15) is 0 Å². The first-order chi connectivity index (χ1) is 9.74. The Morgan fingerprint density at radius 3 is 3.05 bits per heavy atom. The number of carbonyl (C=O) groups is 1. The van der Waals surface area contributed by atoms with Crippen molar-refractivity contribution in [3.8, 4) is 0 Å². The molecule has 0 unspecified atom stereocenters. The number of thiophene rings is 1. The largest absolute Gasteiger partial charge is 0.327 e. The summed E-state index contributed by atoms with van der Waals surface area (Å²) >= 11 is 7.96. The number of nitrogens with zero attached hydrogens (tertiary/aromatic N) is 2. The molecule has 0 N–H and O–H groups in total. The third kappa shape index (κ3) is 1.72. The number of imidazole rings is 1. The summed E-state index contributed by atoms with van der Waals surface area (Å²) < 4.78 is 2.15. The number of halogens is 1. The van der Waals surface area contributed by atoms with Crippen molar-refractivity contribution in [2.45, 2.75) is 19.4 Å². The molecule has 1 aromatic carbocycles. The zero-order valence-corrected chi connectivity index (χ0v) is 12.2. The van der Waals surface area contributed by atoms with Gasteiger partial charge in [-0.15, -0.1) is 11.3 Å². The van der Waals surface area contributed by atoms with E-state index in [2.05, 4.69) is 21.0 Å². The monoisotopic (exact) mass is 302 g/mol. The van der Waals surface area contributed by atoms with E-state index in [0.29, 0.717) is 18.0 Å². The van der Waals surface area contributed by atoms with E-state index < -0.39 is 0 Å². The second-order valence-corrected chi connectivity index (χ2v) is 6.34. The molecule has 1 aliphatic heterocycles. The number of aromatic nitrogens is 2. The predicted octanol–water partition coefficient (Wildman–Crippen LogP) is 3.93. The smallest absolute Gasteiger partial charge is 0.166 e. The molecule has 0 saturated heterocycles. The zero-order valence-electron chi connectivity index (χ0n) is 10.6. The molecule has 0 bridgehead atoms. The topological polar surface area (TPSA) is 34.9 Å².